The van der Waals surface area contributed by atoms with Crippen LogP contribution in [0.2, 0.25) is 0 Å². The number of rotatable bonds is 5. The SMILES string of the molecule is C[N+](C)(C)CC(=O)[O-].NC(CC(=O)[O-])C(=O)[O-].[Na+]. The molecule has 0 aromatic heterocycles. The molecule has 1 atom stereocenters. The Labute approximate surface area is 127 Å². The van der Waals surface area contributed by atoms with Crippen LogP contribution in [0.4, 0.5) is 0 Å². The molecule has 9 heteroatoms. The number of nitrogens with two attached hydrogens (primary N) is 1. The summed E-state index contributed by atoms with van der Waals surface area (Å²) in [6.45, 7) is 0.0694. The number of carbonyl (C=O) groups excluding carboxylic acids is 3. The fourth-order valence-electron chi connectivity index (χ4n) is 0.650. The second kappa shape index (κ2) is 10.3. The molecule has 8 nitrogen and oxygen atoms in total. The third kappa shape index (κ3) is 20.7. The second-order valence-corrected chi connectivity index (χ2v) is 4.32. The minimum absolute atomic E-state index is 0. The minimum atomic E-state index is -1.58. The molecular formula is C9H16N2NaO6-. The number of carboxylic acids is 3. The van der Waals surface area contributed by atoms with Crippen molar-refractivity contribution in [3.8, 4) is 0 Å². The standard InChI is InChI=1S/C5H11NO2.C4H7NO4.Na/c1-6(2,3)4-5(7)8;5-2(4(8)9)1-3(6)7;/h4H2,1-3H3;2H,1,5H2,(H,6,7)(H,8,9);/q;;+1/p-2. The molecule has 0 fully saturated rings. The van der Waals surface area contributed by atoms with E-state index in [1.807, 2.05) is 0 Å². The van der Waals surface area contributed by atoms with Crippen molar-refractivity contribution in [3.05, 3.63) is 0 Å². The topological polar surface area (TPSA) is 146 Å². The smallest absolute Gasteiger partial charge is 0.550 e. The fraction of sp³-hybridized carbons (Fsp3) is 0.667. The Morgan fingerprint density at radius 2 is 1.44 bits per heavy atom. The maximum Gasteiger partial charge on any atom is 1.00 e. The van der Waals surface area contributed by atoms with Gasteiger partial charge in [-0.05, 0) is 0 Å². The summed E-state index contributed by atoms with van der Waals surface area (Å²) in [4.78, 5) is 29.2. The molecule has 0 aliphatic rings. The van der Waals surface area contributed by atoms with E-state index in [0.717, 1.165) is 0 Å². The van der Waals surface area contributed by atoms with Crippen molar-refractivity contribution < 1.29 is 63.7 Å². The van der Waals surface area contributed by atoms with E-state index in [4.69, 9.17) is 5.73 Å². The van der Waals surface area contributed by atoms with E-state index in [2.05, 4.69) is 0 Å². The molecule has 0 saturated heterocycles. The molecule has 18 heavy (non-hydrogen) atoms. The van der Waals surface area contributed by atoms with Crippen LogP contribution in [0.15, 0.2) is 0 Å². The van der Waals surface area contributed by atoms with Crippen molar-refractivity contribution in [2.45, 2.75) is 12.5 Å². The Balaban J connectivity index is -0.000000238. The molecular weight excluding hydrogens is 255 g/mol. The van der Waals surface area contributed by atoms with Crippen LogP contribution in [0.5, 0.6) is 0 Å². The molecule has 0 aromatic carbocycles. The van der Waals surface area contributed by atoms with Gasteiger partial charge in [0.05, 0.1) is 33.1 Å². The van der Waals surface area contributed by atoms with Gasteiger partial charge in [-0.25, -0.2) is 0 Å². The predicted octanol–water partition coefficient (Wildman–Crippen LogP) is -8.35. The molecule has 2 N–H and O–H groups in total. The van der Waals surface area contributed by atoms with E-state index in [0.29, 0.717) is 4.48 Å². The molecule has 100 valence electrons. The van der Waals surface area contributed by atoms with Crippen LogP contribution in [-0.2, 0) is 14.4 Å². The van der Waals surface area contributed by atoms with Crippen molar-refractivity contribution >= 4 is 17.9 Å². The first-order valence-corrected chi connectivity index (χ1v) is 4.62. The van der Waals surface area contributed by atoms with Gasteiger partial charge in [0, 0.05) is 18.4 Å². The van der Waals surface area contributed by atoms with Crippen molar-refractivity contribution in [2.24, 2.45) is 5.73 Å². The number of hydrogen-bond acceptors (Lipinski definition) is 7. The normalized spacial score (nSPS) is 11.3. The van der Waals surface area contributed by atoms with E-state index in [1.165, 1.54) is 0 Å². The number of aliphatic carboxylic acids is 3. The van der Waals surface area contributed by atoms with Crippen molar-refractivity contribution in [2.75, 3.05) is 27.7 Å². The monoisotopic (exact) mass is 271 g/mol. The summed E-state index contributed by atoms with van der Waals surface area (Å²) in [6, 6.07) is -1.46. The molecule has 0 rings (SSSR count). The number of hydrogen-bond donors (Lipinski definition) is 1. The molecule has 0 radical (unpaired) electrons. The third-order valence-electron chi connectivity index (χ3n) is 1.29. The Morgan fingerprint density at radius 1 is 1.06 bits per heavy atom. The molecule has 0 amide bonds. The van der Waals surface area contributed by atoms with Crippen molar-refractivity contribution in [1.82, 2.24) is 0 Å². The van der Waals surface area contributed by atoms with Gasteiger partial charge in [0.2, 0.25) is 0 Å². The van der Waals surface area contributed by atoms with Gasteiger partial charge < -0.3 is 39.9 Å². The van der Waals surface area contributed by atoms with Crippen LogP contribution >= 0.6 is 0 Å². The van der Waals surface area contributed by atoms with Gasteiger partial charge in [-0.3, -0.25) is 0 Å². The van der Waals surface area contributed by atoms with Crippen molar-refractivity contribution in [1.29, 1.82) is 0 Å². The largest absolute Gasteiger partial charge is 1.00 e. The average Bonchev–Trinajstić information content (AvgIpc) is 1.98. The summed E-state index contributed by atoms with van der Waals surface area (Å²) >= 11 is 0. The maximum absolute atomic E-state index is 9.89. The van der Waals surface area contributed by atoms with Gasteiger partial charge in [-0.1, -0.05) is 0 Å². The molecule has 0 saturated carbocycles. The van der Waals surface area contributed by atoms with E-state index in [-0.39, 0.29) is 36.1 Å². The van der Waals surface area contributed by atoms with Gasteiger partial charge in [0.25, 0.3) is 0 Å². The molecule has 0 spiro atoms. The summed E-state index contributed by atoms with van der Waals surface area (Å²) in [5.74, 6) is -4.08. The number of nitrogens with zero attached hydrogens (tertiary/aromatic N) is 1. The Bertz CT molecular complexity index is 289. The first-order valence-electron chi connectivity index (χ1n) is 4.62. The fourth-order valence-corrected chi connectivity index (χ4v) is 0.650. The molecule has 1 unspecified atom stereocenters. The first kappa shape index (κ1) is 22.5. The Morgan fingerprint density at radius 3 is 1.50 bits per heavy atom. The van der Waals surface area contributed by atoms with Gasteiger partial charge in [-0.15, -0.1) is 0 Å². The van der Waals surface area contributed by atoms with E-state index in [9.17, 15) is 29.7 Å². The summed E-state index contributed by atoms with van der Waals surface area (Å²) in [5, 5.41) is 29.2. The van der Waals surface area contributed by atoms with Gasteiger partial charge in [-0.2, -0.15) is 0 Å². The van der Waals surface area contributed by atoms with Crippen LogP contribution in [0, 0.1) is 0 Å². The third-order valence-corrected chi connectivity index (χ3v) is 1.29. The van der Waals surface area contributed by atoms with E-state index in [1.54, 1.807) is 21.1 Å². The van der Waals surface area contributed by atoms with Gasteiger partial charge in [0.15, 0.2) is 0 Å². The van der Waals surface area contributed by atoms with Crippen molar-refractivity contribution in [3.63, 3.8) is 0 Å². The number of carbonyl (C=O) groups is 3. The van der Waals surface area contributed by atoms with Crippen LogP contribution < -0.4 is 50.6 Å². The summed E-state index contributed by atoms with van der Waals surface area (Å²) in [6.07, 6.45) is -0.706. The molecule has 0 heterocycles. The maximum atomic E-state index is 9.89. The molecule has 0 aliphatic carbocycles. The van der Waals surface area contributed by atoms with E-state index >= 15 is 0 Å². The summed E-state index contributed by atoms with van der Waals surface area (Å²) in [7, 11) is 5.40. The zero-order chi connectivity index (χ0) is 14.2. The summed E-state index contributed by atoms with van der Waals surface area (Å²) in [5.41, 5.74) is 4.73. The first-order chi connectivity index (χ1) is 7.45. The van der Waals surface area contributed by atoms with Crippen LogP contribution in [0.25, 0.3) is 0 Å². The number of quaternary nitrogens is 1. The summed E-state index contributed by atoms with van der Waals surface area (Å²) < 4.78 is 0.419. The average molecular weight is 271 g/mol. The van der Waals surface area contributed by atoms with Gasteiger partial charge in [0.1, 0.15) is 6.54 Å². The Kier molecular flexibility index (Phi) is 12.8. The Hall–Kier alpha value is -0.670. The van der Waals surface area contributed by atoms with Crippen LogP contribution in [-0.4, -0.2) is 56.1 Å². The zero-order valence-corrected chi connectivity index (χ0v) is 13.0. The number of likely N-dealkylation sites (N-methyl/N-ethyl adjacent to an activating group) is 1. The second-order valence-electron chi connectivity index (χ2n) is 4.32. The molecule has 0 aliphatic heterocycles. The molecule has 0 aromatic rings. The van der Waals surface area contributed by atoms with E-state index < -0.39 is 30.4 Å². The number of carboxylic acid groups (broad SMARTS) is 3. The van der Waals surface area contributed by atoms with Gasteiger partial charge >= 0.3 is 29.6 Å². The minimum Gasteiger partial charge on any atom is -0.550 e. The quantitative estimate of drug-likeness (QED) is 0.385. The zero-order valence-electron chi connectivity index (χ0n) is 11.0. The predicted molar refractivity (Wildman–Crippen MR) is 50.5 cm³/mol. The van der Waals surface area contributed by atoms with Crippen LogP contribution in [0.3, 0.4) is 0 Å². The van der Waals surface area contributed by atoms with Crippen LogP contribution in [0.1, 0.15) is 6.42 Å². The molecule has 0 bridgehead atoms.